The fraction of sp³-hybridized carbons (Fsp3) is 0.435. The van der Waals surface area contributed by atoms with Gasteiger partial charge in [-0.15, -0.1) is 0 Å². The molecule has 0 amide bonds. The molecule has 0 radical (unpaired) electrons. The number of nitrogens with zero attached hydrogens (tertiary/aromatic N) is 2. The fourth-order valence-corrected chi connectivity index (χ4v) is 5.14. The summed E-state index contributed by atoms with van der Waals surface area (Å²) in [6.07, 6.45) is 6.51. The second-order valence-corrected chi connectivity index (χ2v) is 10.6. The first-order valence-corrected chi connectivity index (χ1v) is 12.8. The summed E-state index contributed by atoms with van der Waals surface area (Å²) in [7, 11) is -5.92. The predicted octanol–water partition coefficient (Wildman–Crippen LogP) is 5.09. The Kier molecular flexibility index (Phi) is 7.42. The van der Waals surface area contributed by atoms with E-state index in [0.29, 0.717) is 19.0 Å². The number of aromatic nitrogens is 1. The van der Waals surface area contributed by atoms with Gasteiger partial charge in [0.25, 0.3) is 0 Å². The molecule has 0 atom stereocenters. The molecule has 6 nitrogen and oxygen atoms in total. The van der Waals surface area contributed by atoms with Gasteiger partial charge in [-0.2, -0.15) is 21.6 Å². The number of aliphatic hydroxyl groups excluding tert-OH is 1. The summed E-state index contributed by atoms with van der Waals surface area (Å²) < 4.78 is 79.5. The number of fused-ring (bicyclic) bond motifs is 1. The van der Waals surface area contributed by atoms with Gasteiger partial charge in [0.15, 0.2) is 5.75 Å². The Morgan fingerprint density at radius 1 is 1.20 bits per heavy atom. The third-order valence-electron chi connectivity index (χ3n) is 6.31. The molecule has 0 bridgehead atoms. The van der Waals surface area contributed by atoms with Crippen LogP contribution >= 0.6 is 11.6 Å². The number of alkyl halides is 3. The Morgan fingerprint density at radius 2 is 1.91 bits per heavy atom. The van der Waals surface area contributed by atoms with E-state index in [9.17, 15) is 26.7 Å². The van der Waals surface area contributed by atoms with Crippen LogP contribution < -0.4 is 4.18 Å². The van der Waals surface area contributed by atoms with Gasteiger partial charge in [-0.25, -0.2) is 4.39 Å². The lowest BCUT2D eigenvalue weighted by Gasteiger charge is -2.38. The minimum Gasteiger partial charge on any atom is -0.393 e. The van der Waals surface area contributed by atoms with Gasteiger partial charge < -0.3 is 9.29 Å². The van der Waals surface area contributed by atoms with Crippen LogP contribution in [0.5, 0.6) is 5.75 Å². The van der Waals surface area contributed by atoms with E-state index in [-0.39, 0.29) is 17.4 Å². The molecule has 0 spiro atoms. The molecule has 35 heavy (non-hydrogen) atoms. The molecule has 1 N–H and O–H groups in total. The number of hydrogen-bond acceptors (Lipinski definition) is 6. The molecule has 4 rings (SSSR count). The summed E-state index contributed by atoms with van der Waals surface area (Å²) in [5.41, 5.74) is -3.73. The molecule has 2 aromatic rings. The Morgan fingerprint density at radius 3 is 2.60 bits per heavy atom. The lowest BCUT2D eigenvalue weighted by Crippen LogP contribution is -2.42. The highest BCUT2D eigenvalue weighted by molar-refractivity contribution is 7.88. The van der Waals surface area contributed by atoms with Crippen molar-refractivity contribution in [2.45, 2.75) is 56.3 Å². The van der Waals surface area contributed by atoms with Crippen molar-refractivity contribution in [2.75, 3.05) is 6.54 Å². The van der Waals surface area contributed by atoms with Crippen molar-refractivity contribution in [1.29, 1.82) is 0 Å². The molecule has 1 aliphatic carbocycles. The molecule has 1 aromatic carbocycles. The maximum atomic E-state index is 15.0. The van der Waals surface area contributed by atoms with Gasteiger partial charge >= 0.3 is 15.6 Å². The average molecular weight is 535 g/mol. The zero-order valence-corrected chi connectivity index (χ0v) is 20.0. The van der Waals surface area contributed by atoms with Crippen molar-refractivity contribution in [3.05, 3.63) is 57.9 Å². The molecule has 0 unspecified atom stereocenters. The number of benzene rings is 1. The van der Waals surface area contributed by atoms with Crippen LogP contribution in [0.15, 0.2) is 30.5 Å². The fourth-order valence-electron chi connectivity index (χ4n) is 4.41. The smallest absolute Gasteiger partial charge is 0.393 e. The molecule has 12 heteroatoms. The number of aliphatic hydroxyl groups is 1. The van der Waals surface area contributed by atoms with Gasteiger partial charge in [0.1, 0.15) is 5.83 Å². The highest BCUT2D eigenvalue weighted by Crippen LogP contribution is 2.35. The molecular weight excluding hydrogens is 512 g/mol. The van der Waals surface area contributed by atoms with E-state index in [2.05, 4.69) is 14.1 Å². The van der Waals surface area contributed by atoms with Gasteiger partial charge in [-0.3, -0.25) is 9.88 Å². The number of halogens is 5. The topological polar surface area (TPSA) is 79.7 Å². The summed E-state index contributed by atoms with van der Waals surface area (Å²) in [4.78, 5) is 6.56. The maximum Gasteiger partial charge on any atom is 0.534 e. The van der Waals surface area contributed by atoms with E-state index in [4.69, 9.17) is 11.6 Å². The first-order valence-electron chi connectivity index (χ1n) is 11.0. The normalized spacial score (nSPS) is 22.1. The van der Waals surface area contributed by atoms with Crippen molar-refractivity contribution < 1.29 is 35.3 Å². The molecule has 1 aromatic heterocycles. The van der Waals surface area contributed by atoms with E-state index >= 15 is 4.39 Å². The molecule has 2 aliphatic rings. The highest BCUT2D eigenvalue weighted by atomic mass is 35.5. The van der Waals surface area contributed by atoms with E-state index in [0.717, 1.165) is 55.5 Å². The summed E-state index contributed by atoms with van der Waals surface area (Å²) in [5.74, 6) is -1.55. The van der Waals surface area contributed by atoms with Crippen LogP contribution in [0.4, 0.5) is 17.6 Å². The highest BCUT2D eigenvalue weighted by Gasteiger charge is 2.48. The van der Waals surface area contributed by atoms with E-state index in [1.54, 1.807) is 12.3 Å². The summed E-state index contributed by atoms with van der Waals surface area (Å²) in [5, 5.41) is 9.24. The van der Waals surface area contributed by atoms with Gasteiger partial charge in [-0.05, 0) is 67.0 Å². The Labute approximate surface area is 205 Å². The first-order chi connectivity index (χ1) is 16.4. The van der Waals surface area contributed by atoms with Crippen LogP contribution in [0, 0.1) is 0 Å². The average Bonchev–Trinajstić information content (AvgIpc) is 2.80. The lowest BCUT2D eigenvalue weighted by atomic mass is 9.90. The zero-order chi connectivity index (χ0) is 25.4. The SMILES string of the molecule is O=S(=O)(Oc1cccc(/C=C(\F)c2cc3c(cn2)CN(C2CCC(O)CC2)CC3)c1Cl)C(F)(F)F. The Bertz CT molecular complexity index is 1230. The largest absolute Gasteiger partial charge is 0.534 e. The van der Waals surface area contributed by atoms with Crippen LogP contribution in [-0.2, 0) is 23.1 Å². The summed E-state index contributed by atoms with van der Waals surface area (Å²) in [6.45, 7) is 1.50. The maximum absolute atomic E-state index is 15.0. The van der Waals surface area contributed by atoms with E-state index in [1.165, 1.54) is 12.1 Å². The summed E-state index contributed by atoms with van der Waals surface area (Å²) >= 11 is 6.00. The minimum atomic E-state index is -5.92. The third kappa shape index (κ3) is 5.79. The first kappa shape index (κ1) is 25.9. The van der Waals surface area contributed by atoms with Crippen LogP contribution in [0.3, 0.4) is 0 Å². The lowest BCUT2D eigenvalue weighted by molar-refractivity contribution is -0.0500. The van der Waals surface area contributed by atoms with Crippen molar-refractivity contribution in [1.82, 2.24) is 9.88 Å². The van der Waals surface area contributed by atoms with Gasteiger partial charge in [0, 0.05) is 25.3 Å². The van der Waals surface area contributed by atoms with Gasteiger partial charge in [0.05, 0.1) is 16.8 Å². The third-order valence-corrected chi connectivity index (χ3v) is 7.68. The van der Waals surface area contributed by atoms with Crippen molar-refractivity contribution in [3.63, 3.8) is 0 Å². The number of hydrogen-bond donors (Lipinski definition) is 1. The van der Waals surface area contributed by atoms with E-state index < -0.39 is 32.2 Å². The van der Waals surface area contributed by atoms with Crippen molar-refractivity contribution in [2.24, 2.45) is 0 Å². The van der Waals surface area contributed by atoms with E-state index in [1.807, 2.05) is 0 Å². The van der Waals surface area contributed by atoms with Crippen LogP contribution in [-0.4, -0.2) is 47.6 Å². The van der Waals surface area contributed by atoms with Crippen molar-refractivity contribution in [3.8, 4) is 5.75 Å². The molecule has 2 heterocycles. The molecular formula is C23H23ClF4N2O4S. The Balaban J connectivity index is 1.51. The van der Waals surface area contributed by atoms with Crippen LogP contribution in [0.1, 0.15) is 48.1 Å². The monoisotopic (exact) mass is 534 g/mol. The number of pyridine rings is 1. The standard InChI is InChI=1S/C23H23ClF4N2O4S/c24-22-15(2-1-3-21(22)34-35(32,33)23(26,27)28)10-19(25)20-11-14-8-9-30(13-16(14)12-29-20)17-4-6-18(31)7-5-17/h1-3,10-12,17-18,31H,4-9,13H2/b19-10-. The molecule has 1 fully saturated rings. The van der Waals surface area contributed by atoms with Crippen molar-refractivity contribution >= 4 is 33.6 Å². The van der Waals surface area contributed by atoms with Gasteiger partial charge in [-0.1, -0.05) is 23.7 Å². The second-order valence-electron chi connectivity index (χ2n) is 8.66. The summed E-state index contributed by atoms with van der Waals surface area (Å²) in [6, 6.07) is 5.49. The minimum absolute atomic E-state index is 0.0308. The van der Waals surface area contributed by atoms with Crippen LogP contribution in [0.25, 0.3) is 11.9 Å². The number of rotatable bonds is 5. The molecule has 1 saturated carbocycles. The molecule has 190 valence electrons. The van der Waals surface area contributed by atoms with Gasteiger partial charge in [0.2, 0.25) is 0 Å². The quantitative estimate of drug-likeness (QED) is 0.327. The molecule has 1 aliphatic heterocycles. The zero-order valence-electron chi connectivity index (χ0n) is 18.4. The molecule has 0 saturated heterocycles. The van der Waals surface area contributed by atoms with Crippen LogP contribution in [0.2, 0.25) is 5.02 Å². The Hall–Kier alpha value is -2.21. The predicted molar refractivity (Wildman–Crippen MR) is 123 cm³/mol. The second kappa shape index (κ2) is 10.0.